The molecule has 1 aromatic rings. The van der Waals surface area contributed by atoms with Crippen LogP contribution in [0.15, 0.2) is 17.1 Å². The molecular weight excluding hydrogens is 320 g/mol. The minimum atomic E-state index is -0.0956. The summed E-state index contributed by atoms with van der Waals surface area (Å²) in [5.74, 6) is 0.575. The Bertz CT molecular complexity index is 689. The number of aromatic amines is 1. The van der Waals surface area contributed by atoms with E-state index < -0.39 is 0 Å². The van der Waals surface area contributed by atoms with Gasteiger partial charge in [-0.3, -0.25) is 19.4 Å². The van der Waals surface area contributed by atoms with E-state index in [2.05, 4.69) is 21.8 Å². The van der Waals surface area contributed by atoms with Gasteiger partial charge in [-0.15, -0.1) is 0 Å². The van der Waals surface area contributed by atoms with Gasteiger partial charge >= 0.3 is 0 Å². The molecule has 1 atom stereocenters. The van der Waals surface area contributed by atoms with Crippen LogP contribution in [-0.4, -0.2) is 78.5 Å². The molecule has 1 aromatic heterocycles. The van der Waals surface area contributed by atoms with Crippen LogP contribution >= 0.6 is 0 Å². The second-order valence-electron chi connectivity index (χ2n) is 7.31. The van der Waals surface area contributed by atoms with Crippen molar-refractivity contribution in [3.8, 4) is 5.75 Å². The highest BCUT2D eigenvalue weighted by Crippen LogP contribution is 2.32. The average Bonchev–Trinajstić information content (AvgIpc) is 2.73. The van der Waals surface area contributed by atoms with E-state index in [0.717, 1.165) is 44.7 Å². The third kappa shape index (κ3) is 3.72. The summed E-state index contributed by atoms with van der Waals surface area (Å²) in [5.41, 5.74) is 0.833. The highest BCUT2D eigenvalue weighted by molar-refractivity contribution is 5.76. The molecule has 1 amide bonds. The number of nitrogens with one attached hydrogen (secondary N) is 1. The molecule has 1 spiro atoms. The summed E-state index contributed by atoms with van der Waals surface area (Å²) in [6.07, 6.45) is 4.11. The first-order valence-electron chi connectivity index (χ1n) is 8.87. The van der Waals surface area contributed by atoms with Crippen LogP contribution in [0.3, 0.4) is 0 Å². The number of hydrogen-bond donors (Lipinski definition) is 1. The summed E-state index contributed by atoms with van der Waals surface area (Å²) in [5, 5.41) is 0. The number of ether oxygens (including phenoxy) is 1. The van der Waals surface area contributed by atoms with Crippen molar-refractivity contribution in [3.63, 3.8) is 0 Å². The maximum atomic E-state index is 12.1. The van der Waals surface area contributed by atoms with E-state index in [0.29, 0.717) is 18.7 Å². The molecule has 0 aromatic carbocycles. The minimum Gasteiger partial charge on any atom is -0.491 e. The molecule has 0 saturated carbocycles. The molecule has 1 N–H and O–H groups in total. The van der Waals surface area contributed by atoms with E-state index in [-0.39, 0.29) is 16.9 Å². The predicted molar refractivity (Wildman–Crippen MR) is 95.7 cm³/mol. The van der Waals surface area contributed by atoms with Crippen LogP contribution in [0.25, 0.3) is 0 Å². The zero-order valence-corrected chi connectivity index (χ0v) is 15.4. The number of carbonyl (C=O) groups is 1. The molecule has 3 rings (SSSR count). The number of methoxy groups -OCH3 is 1. The van der Waals surface area contributed by atoms with Gasteiger partial charge in [0.05, 0.1) is 7.11 Å². The van der Waals surface area contributed by atoms with Gasteiger partial charge < -0.3 is 14.6 Å². The largest absolute Gasteiger partial charge is 0.491 e. The van der Waals surface area contributed by atoms with Gasteiger partial charge in [0.25, 0.3) is 0 Å². The number of aromatic nitrogens is 1. The quantitative estimate of drug-likeness (QED) is 0.862. The molecule has 0 bridgehead atoms. The Kier molecular flexibility index (Phi) is 5.15. The Morgan fingerprint density at radius 1 is 1.20 bits per heavy atom. The van der Waals surface area contributed by atoms with E-state index in [9.17, 15) is 9.59 Å². The molecule has 7 heteroatoms. The Balaban J connectivity index is 1.73. The molecule has 2 saturated heterocycles. The zero-order valence-electron chi connectivity index (χ0n) is 15.4. The van der Waals surface area contributed by atoms with Crippen molar-refractivity contribution in [2.24, 2.45) is 0 Å². The fourth-order valence-corrected chi connectivity index (χ4v) is 3.97. The van der Waals surface area contributed by atoms with E-state index in [1.807, 2.05) is 11.9 Å². The highest BCUT2D eigenvalue weighted by Gasteiger charge is 2.41. The Morgan fingerprint density at radius 3 is 2.72 bits per heavy atom. The monoisotopic (exact) mass is 348 g/mol. The van der Waals surface area contributed by atoms with Gasteiger partial charge in [-0.1, -0.05) is 0 Å². The Morgan fingerprint density at radius 2 is 2.00 bits per heavy atom. The number of rotatable bonds is 3. The van der Waals surface area contributed by atoms with Gasteiger partial charge in [0.2, 0.25) is 11.3 Å². The van der Waals surface area contributed by atoms with Gasteiger partial charge in [0.1, 0.15) is 0 Å². The van der Waals surface area contributed by atoms with E-state index >= 15 is 0 Å². The third-order valence-corrected chi connectivity index (χ3v) is 5.77. The first kappa shape index (κ1) is 17.9. The summed E-state index contributed by atoms with van der Waals surface area (Å²) in [6, 6.07) is 1.62. The van der Waals surface area contributed by atoms with Crippen LogP contribution in [0.1, 0.15) is 25.0 Å². The second kappa shape index (κ2) is 7.17. The summed E-state index contributed by atoms with van der Waals surface area (Å²) >= 11 is 0. The van der Waals surface area contributed by atoms with Gasteiger partial charge in [-0.05, 0) is 19.9 Å². The first-order chi connectivity index (χ1) is 11.9. The van der Waals surface area contributed by atoms with Gasteiger partial charge in [0, 0.05) is 69.7 Å². The highest BCUT2D eigenvalue weighted by atomic mass is 16.5. The molecule has 2 aliphatic rings. The van der Waals surface area contributed by atoms with Crippen LogP contribution in [-0.2, 0) is 11.3 Å². The number of likely N-dealkylation sites (tertiary alicyclic amines) is 1. The molecule has 7 nitrogen and oxygen atoms in total. The molecule has 3 heterocycles. The van der Waals surface area contributed by atoms with Crippen LogP contribution in [0.5, 0.6) is 5.75 Å². The summed E-state index contributed by atoms with van der Waals surface area (Å²) in [7, 11) is 5.56. The standard InChI is InChI=1S/C18H28N4O3/c1-20-7-6-18(5-4-17(20)24)13-22(9-8-21(18)2)12-14-10-15(23)16(25-3)11-19-14/h10-11H,4-9,12-13H2,1-3H3,(H,19,23). The number of H-pyrrole nitrogens is 1. The van der Waals surface area contributed by atoms with Crippen molar-refractivity contribution in [1.82, 2.24) is 19.7 Å². The van der Waals surface area contributed by atoms with Crippen molar-refractivity contribution < 1.29 is 9.53 Å². The van der Waals surface area contributed by atoms with Crippen LogP contribution in [0, 0.1) is 0 Å². The number of hydrogen-bond acceptors (Lipinski definition) is 5. The first-order valence-corrected chi connectivity index (χ1v) is 8.87. The number of pyridine rings is 1. The van der Waals surface area contributed by atoms with Gasteiger partial charge in [-0.25, -0.2) is 0 Å². The number of nitrogens with zero attached hydrogens (tertiary/aromatic N) is 3. The molecule has 0 aliphatic carbocycles. The zero-order chi connectivity index (χ0) is 18.0. The smallest absolute Gasteiger partial charge is 0.223 e. The molecule has 138 valence electrons. The predicted octanol–water partition coefficient (Wildman–Crippen LogP) is 0.512. The molecule has 2 fully saturated rings. The maximum absolute atomic E-state index is 12.1. The maximum Gasteiger partial charge on any atom is 0.223 e. The van der Waals surface area contributed by atoms with E-state index in [1.54, 1.807) is 12.3 Å². The minimum absolute atomic E-state index is 0.0332. The lowest BCUT2D eigenvalue weighted by atomic mass is 9.86. The lowest BCUT2D eigenvalue weighted by Gasteiger charge is -2.49. The van der Waals surface area contributed by atoms with Crippen molar-refractivity contribution in [2.45, 2.75) is 31.3 Å². The van der Waals surface area contributed by atoms with E-state index in [1.165, 1.54) is 7.11 Å². The van der Waals surface area contributed by atoms with Gasteiger partial charge in [-0.2, -0.15) is 0 Å². The van der Waals surface area contributed by atoms with Crippen molar-refractivity contribution in [1.29, 1.82) is 0 Å². The normalized spacial score (nSPS) is 26.0. The summed E-state index contributed by atoms with van der Waals surface area (Å²) in [4.78, 5) is 33.8. The Hall–Kier alpha value is -1.86. The lowest BCUT2D eigenvalue weighted by molar-refractivity contribution is -0.129. The van der Waals surface area contributed by atoms with Crippen molar-refractivity contribution in [3.05, 3.63) is 28.2 Å². The molecular formula is C18H28N4O3. The molecule has 0 radical (unpaired) electrons. The number of likely N-dealkylation sites (N-methyl/N-ethyl adjacent to an activating group) is 1. The fraction of sp³-hybridized carbons (Fsp3) is 0.667. The Labute approximate surface area is 148 Å². The topological polar surface area (TPSA) is 68.9 Å². The number of piperazine rings is 1. The van der Waals surface area contributed by atoms with Crippen molar-refractivity contribution >= 4 is 5.91 Å². The molecule has 1 unspecified atom stereocenters. The van der Waals surface area contributed by atoms with Crippen LogP contribution in [0.4, 0.5) is 0 Å². The molecule has 2 aliphatic heterocycles. The van der Waals surface area contributed by atoms with Crippen LogP contribution in [0.2, 0.25) is 0 Å². The fourth-order valence-electron chi connectivity index (χ4n) is 3.97. The second-order valence-corrected chi connectivity index (χ2v) is 7.31. The van der Waals surface area contributed by atoms with Gasteiger partial charge in [0.15, 0.2) is 5.75 Å². The van der Waals surface area contributed by atoms with E-state index in [4.69, 9.17) is 4.74 Å². The SMILES string of the molecule is COc1c[nH]c(CN2CCN(C)C3(CCC(=O)N(C)CC3)C2)cc1=O. The molecule has 25 heavy (non-hydrogen) atoms. The van der Waals surface area contributed by atoms with Crippen LogP contribution < -0.4 is 10.2 Å². The van der Waals surface area contributed by atoms with Crippen molar-refractivity contribution in [2.75, 3.05) is 47.4 Å². The third-order valence-electron chi connectivity index (χ3n) is 5.77. The average molecular weight is 348 g/mol. The summed E-state index contributed by atoms with van der Waals surface area (Å²) in [6.45, 7) is 4.35. The number of carbonyl (C=O) groups excluding carboxylic acids is 1. The lowest BCUT2D eigenvalue weighted by Crippen LogP contribution is -2.60. The number of amides is 1. The summed E-state index contributed by atoms with van der Waals surface area (Å²) < 4.78 is 5.03.